The maximum Gasteiger partial charge on any atom is 0.255 e. The minimum Gasteiger partial charge on any atom is -0.496 e. The molecular formula is C22H24FN3O4. The number of amides is 1. The molecule has 0 saturated carbocycles. The summed E-state index contributed by atoms with van der Waals surface area (Å²) in [6.45, 7) is 3.79. The summed E-state index contributed by atoms with van der Waals surface area (Å²) in [7, 11) is 4.64. The molecule has 3 rings (SSSR count). The van der Waals surface area contributed by atoms with Crippen LogP contribution in [0.5, 0.6) is 17.2 Å². The average molecular weight is 413 g/mol. The van der Waals surface area contributed by atoms with E-state index in [0.717, 1.165) is 5.56 Å². The predicted molar refractivity (Wildman–Crippen MR) is 110 cm³/mol. The molecule has 0 atom stereocenters. The highest BCUT2D eigenvalue weighted by atomic mass is 19.1. The van der Waals surface area contributed by atoms with Gasteiger partial charge in [0.05, 0.1) is 44.0 Å². The summed E-state index contributed by atoms with van der Waals surface area (Å²) in [4.78, 5) is 12.9. The molecule has 0 fully saturated rings. The van der Waals surface area contributed by atoms with E-state index in [1.807, 2.05) is 0 Å². The number of aromatic nitrogens is 2. The van der Waals surface area contributed by atoms with Gasteiger partial charge in [-0.05, 0) is 44.2 Å². The van der Waals surface area contributed by atoms with E-state index in [2.05, 4.69) is 10.4 Å². The van der Waals surface area contributed by atoms with Crippen LogP contribution in [0.3, 0.4) is 0 Å². The minimum atomic E-state index is -0.331. The molecule has 8 heteroatoms. The fourth-order valence-corrected chi connectivity index (χ4v) is 3.30. The fraction of sp³-hybridized carbons (Fsp3) is 0.273. The quantitative estimate of drug-likeness (QED) is 0.641. The standard InChI is InChI=1S/C22H24FN3O4/c1-13-21(14(2)26(25-13)17-8-6-16(23)7-9-17)22(27)24-12-15-10-19(29-4)20(30-5)11-18(15)28-3/h6-11H,12H2,1-5H3,(H,24,27). The Morgan fingerprint density at radius 1 is 1.00 bits per heavy atom. The highest BCUT2D eigenvalue weighted by Crippen LogP contribution is 2.34. The summed E-state index contributed by atoms with van der Waals surface area (Å²) < 4.78 is 30.9. The molecule has 0 aliphatic heterocycles. The van der Waals surface area contributed by atoms with E-state index in [1.165, 1.54) is 12.1 Å². The highest BCUT2D eigenvalue weighted by molar-refractivity contribution is 5.96. The van der Waals surface area contributed by atoms with Crippen LogP contribution in [0.4, 0.5) is 4.39 Å². The van der Waals surface area contributed by atoms with Gasteiger partial charge in [0.25, 0.3) is 5.91 Å². The number of benzene rings is 2. The van der Waals surface area contributed by atoms with Gasteiger partial charge in [0.2, 0.25) is 0 Å². The number of carbonyl (C=O) groups is 1. The Bertz CT molecular complexity index is 1060. The van der Waals surface area contributed by atoms with Crippen LogP contribution in [0, 0.1) is 19.7 Å². The number of halogens is 1. The summed E-state index contributed by atoms with van der Waals surface area (Å²) in [6, 6.07) is 9.42. The lowest BCUT2D eigenvalue weighted by Crippen LogP contribution is -2.24. The van der Waals surface area contributed by atoms with Crippen molar-refractivity contribution in [2.24, 2.45) is 0 Å². The van der Waals surface area contributed by atoms with Crippen LogP contribution in [0.25, 0.3) is 5.69 Å². The van der Waals surface area contributed by atoms with E-state index in [0.29, 0.717) is 39.9 Å². The van der Waals surface area contributed by atoms with Gasteiger partial charge in [0.15, 0.2) is 11.5 Å². The molecule has 30 heavy (non-hydrogen) atoms. The van der Waals surface area contributed by atoms with Gasteiger partial charge >= 0.3 is 0 Å². The summed E-state index contributed by atoms with van der Waals surface area (Å²) in [5, 5.41) is 7.35. The molecule has 1 N–H and O–H groups in total. The van der Waals surface area contributed by atoms with Crippen LogP contribution in [0.1, 0.15) is 27.3 Å². The van der Waals surface area contributed by atoms with Crippen molar-refractivity contribution < 1.29 is 23.4 Å². The summed E-state index contributed by atoms with van der Waals surface area (Å²) in [5.41, 5.74) is 3.13. The number of ether oxygens (including phenoxy) is 3. The number of methoxy groups -OCH3 is 3. The van der Waals surface area contributed by atoms with Crippen molar-refractivity contribution >= 4 is 5.91 Å². The molecule has 7 nitrogen and oxygen atoms in total. The lowest BCUT2D eigenvalue weighted by Gasteiger charge is -2.14. The molecule has 0 aliphatic rings. The molecule has 2 aromatic carbocycles. The van der Waals surface area contributed by atoms with Crippen molar-refractivity contribution in [3.8, 4) is 22.9 Å². The Kier molecular flexibility index (Phi) is 6.25. The largest absolute Gasteiger partial charge is 0.496 e. The average Bonchev–Trinajstić information content (AvgIpc) is 3.05. The Labute approximate surface area is 174 Å². The number of carbonyl (C=O) groups excluding carboxylic acids is 1. The number of nitrogens with zero attached hydrogens (tertiary/aromatic N) is 2. The SMILES string of the molecule is COc1cc(OC)c(OC)cc1CNC(=O)c1c(C)nn(-c2ccc(F)cc2)c1C. The zero-order valence-electron chi connectivity index (χ0n) is 17.6. The second-order valence-corrected chi connectivity index (χ2v) is 6.64. The van der Waals surface area contributed by atoms with Gasteiger partial charge in [-0.25, -0.2) is 9.07 Å². The minimum absolute atomic E-state index is 0.225. The van der Waals surface area contributed by atoms with Gasteiger partial charge in [-0.1, -0.05) is 0 Å². The first-order valence-electron chi connectivity index (χ1n) is 9.28. The van der Waals surface area contributed by atoms with Gasteiger partial charge in [0, 0.05) is 18.2 Å². The number of nitrogens with one attached hydrogen (secondary N) is 1. The first kappa shape index (κ1) is 21.2. The van der Waals surface area contributed by atoms with Crippen LogP contribution < -0.4 is 19.5 Å². The maximum absolute atomic E-state index is 13.2. The molecule has 1 aromatic heterocycles. The fourth-order valence-electron chi connectivity index (χ4n) is 3.30. The number of hydrogen-bond acceptors (Lipinski definition) is 5. The van der Waals surface area contributed by atoms with E-state index in [9.17, 15) is 9.18 Å². The van der Waals surface area contributed by atoms with Gasteiger partial charge in [0.1, 0.15) is 11.6 Å². The van der Waals surface area contributed by atoms with E-state index in [1.54, 1.807) is 64.1 Å². The van der Waals surface area contributed by atoms with E-state index in [4.69, 9.17) is 14.2 Å². The van der Waals surface area contributed by atoms with E-state index in [-0.39, 0.29) is 18.3 Å². The molecule has 3 aromatic rings. The molecule has 1 amide bonds. The third-order valence-electron chi connectivity index (χ3n) is 4.82. The molecule has 0 radical (unpaired) electrons. The monoisotopic (exact) mass is 413 g/mol. The van der Waals surface area contributed by atoms with Crippen molar-refractivity contribution in [3.63, 3.8) is 0 Å². The maximum atomic E-state index is 13.2. The zero-order valence-corrected chi connectivity index (χ0v) is 17.6. The van der Waals surface area contributed by atoms with Crippen molar-refractivity contribution in [2.75, 3.05) is 21.3 Å². The van der Waals surface area contributed by atoms with Crippen molar-refractivity contribution in [3.05, 3.63) is 64.7 Å². The normalized spacial score (nSPS) is 10.6. The molecule has 158 valence electrons. The van der Waals surface area contributed by atoms with Crippen LogP contribution in [0.2, 0.25) is 0 Å². The Hall–Kier alpha value is -3.55. The van der Waals surface area contributed by atoms with Crippen molar-refractivity contribution in [2.45, 2.75) is 20.4 Å². The summed E-state index contributed by atoms with van der Waals surface area (Å²) in [6.07, 6.45) is 0. The number of aryl methyl sites for hydroxylation is 1. The molecule has 0 aliphatic carbocycles. The molecule has 0 spiro atoms. The summed E-state index contributed by atoms with van der Waals surface area (Å²) in [5.74, 6) is 1.05. The first-order chi connectivity index (χ1) is 14.4. The van der Waals surface area contributed by atoms with Gasteiger partial charge in [-0.3, -0.25) is 4.79 Å². The topological polar surface area (TPSA) is 74.6 Å². The number of rotatable bonds is 7. The lowest BCUT2D eigenvalue weighted by molar-refractivity contribution is 0.0949. The first-order valence-corrected chi connectivity index (χ1v) is 9.28. The van der Waals surface area contributed by atoms with Crippen LogP contribution >= 0.6 is 0 Å². The Balaban J connectivity index is 1.84. The molecule has 1 heterocycles. The molecule has 0 saturated heterocycles. The number of hydrogen-bond donors (Lipinski definition) is 1. The zero-order chi connectivity index (χ0) is 21.8. The van der Waals surface area contributed by atoms with Crippen LogP contribution in [0.15, 0.2) is 36.4 Å². The Morgan fingerprint density at radius 2 is 1.60 bits per heavy atom. The third-order valence-corrected chi connectivity index (χ3v) is 4.82. The van der Waals surface area contributed by atoms with Gasteiger partial charge in [-0.2, -0.15) is 5.10 Å². The van der Waals surface area contributed by atoms with Crippen molar-refractivity contribution in [1.82, 2.24) is 15.1 Å². The van der Waals surface area contributed by atoms with E-state index < -0.39 is 0 Å². The molecular weight excluding hydrogens is 389 g/mol. The lowest BCUT2D eigenvalue weighted by atomic mass is 10.1. The van der Waals surface area contributed by atoms with Crippen LogP contribution in [-0.2, 0) is 6.54 Å². The van der Waals surface area contributed by atoms with Crippen molar-refractivity contribution in [1.29, 1.82) is 0 Å². The Morgan fingerprint density at radius 3 is 2.20 bits per heavy atom. The third kappa shape index (κ3) is 4.07. The highest BCUT2D eigenvalue weighted by Gasteiger charge is 2.20. The molecule has 0 bridgehead atoms. The summed E-state index contributed by atoms with van der Waals surface area (Å²) >= 11 is 0. The smallest absolute Gasteiger partial charge is 0.255 e. The van der Waals surface area contributed by atoms with Gasteiger partial charge in [-0.15, -0.1) is 0 Å². The predicted octanol–water partition coefficient (Wildman–Crippen LogP) is 3.58. The second kappa shape index (κ2) is 8.86. The second-order valence-electron chi connectivity index (χ2n) is 6.64. The van der Waals surface area contributed by atoms with E-state index >= 15 is 0 Å². The molecule has 0 unspecified atom stereocenters. The van der Waals surface area contributed by atoms with Gasteiger partial charge < -0.3 is 19.5 Å². The van der Waals surface area contributed by atoms with Crippen LogP contribution in [-0.4, -0.2) is 37.0 Å².